The topological polar surface area (TPSA) is 47.0 Å². The van der Waals surface area contributed by atoms with Gasteiger partial charge in [-0.3, -0.25) is 0 Å². The molecule has 0 bridgehead atoms. The van der Waals surface area contributed by atoms with E-state index >= 15 is 0 Å². The summed E-state index contributed by atoms with van der Waals surface area (Å²) in [5.74, 6) is 1.24. The Morgan fingerprint density at radius 1 is 1.38 bits per heavy atom. The zero-order valence-electron chi connectivity index (χ0n) is 10.5. The predicted molar refractivity (Wildman–Crippen MR) is 64.5 cm³/mol. The van der Waals surface area contributed by atoms with Crippen molar-refractivity contribution in [2.45, 2.75) is 32.7 Å². The quantitative estimate of drug-likeness (QED) is 0.803. The summed E-state index contributed by atoms with van der Waals surface area (Å²) in [7, 11) is 3.55. The molecule has 0 aliphatic heterocycles. The first-order valence-electron chi connectivity index (χ1n) is 5.76. The van der Waals surface area contributed by atoms with Crippen molar-refractivity contribution >= 4 is 0 Å². The molecular weight excluding hydrogens is 202 g/mol. The first-order valence-corrected chi connectivity index (χ1v) is 5.76. The molecule has 4 heteroatoms. The summed E-state index contributed by atoms with van der Waals surface area (Å²) >= 11 is 0. The lowest BCUT2D eigenvalue weighted by Gasteiger charge is -2.18. The van der Waals surface area contributed by atoms with Crippen LogP contribution in [0.1, 0.15) is 38.4 Å². The van der Waals surface area contributed by atoms with Crippen molar-refractivity contribution in [2.75, 3.05) is 14.2 Å². The van der Waals surface area contributed by atoms with Gasteiger partial charge < -0.3 is 10.1 Å². The van der Waals surface area contributed by atoms with Crippen LogP contribution in [0.3, 0.4) is 0 Å². The maximum absolute atomic E-state index is 4.99. The third kappa shape index (κ3) is 3.45. The molecular formula is C12H21N3O. The fourth-order valence-corrected chi connectivity index (χ4v) is 1.58. The molecule has 0 saturated carbocycles. The molecule has 90 valence electrons. The molecule has 0 fully saturated rings. The van der Waals surface area contributed by atoms with E-state index in [4.69, 9.17) is 4.74 Å². The molecule has 4 nitrogen and oxygen atoms in total. The molecule has 1 aromatic rings. The van der Waals surface area contributed by atoms with E-state index in [-0.39, 0.29) is 6.04 Å². The third-order valence-corrected chi connectivity index (χ3v) is 2.91. The number of aromatic nitrogens is 2. The van der Waals surface area contributed by atoms with E-state index in [9.17, 15) is 0 Å². The Hall–Kier alpha value is -1.16. The van der Waals surface area contributed by atoms with E-state index in [1.165, 1.54) is 6.42 Å². The Labute approximate surface area is 97.4 Å². The molecule has 0 aromatic carbocycles. The highest BCUT2D eigenvalue weighted by Gasteiger charge is 2.14. The van der Waals surface area contributed by atoms with Gasteiger partial charge in [-0.1, -0.05) is 20.3 Å². The summed E-state index contributed by atoms with van der Waals surface area (Å²) in [4.78, 5) is 0. The smallest absolute Gasteiger partial charge is 0.233 e. The SMILES string of the molecule is CCC(C)CC(NC)c1ccc(OC)nn1. The molecule has 1 rings (SSSR count). The highest BCUT2D eigenvalue weighted by molar-refractivity contribution is 5.14. The Morgan fingerprint density at radius 3 is 2.56 bits per heavy atom. The summed E-state index contributed by atoms with van der Waals surface area (Å²) in [6.45, 7) is 4.46. The van der Waals surface area contributed by atoms with Crippen molar-refractivity contribution in [3.05, 3.63) is 17.8 Å². The highest BCUT2D eigenvalue weighted by atomic mass is 16.5. The fraction of sp³-hybridized carbons (Fsp3) is 0.667. The largest absolute Gasteiger partial charge is 0.480 e. The Kier molecular flexibility index (Phi) is 5.19. The maximum atomic E-state index is 4.99. The van der Waals surface area contributed by atoms with Crippen LogP contribution in [0.15, 0.2) is 12.1 Å². The van der Waals surface area contributed by atoms with Crippen molar-refractivity contribution in [1.82, 2.24) is 15.5 Å². The lowest BCUT2D eigenvalue weighted by atomic mass is 9.97. The van der Waals surface area contributed by atoms with Crippen LogP contribution < -0.4 is 10.1 Å². The van der Waals surface area contributed by atoms with Crippen LogP contribution in [0.2, 0.25) is 0 Å². The average molecular weight is 223 g/mol. The van der Waals surface area contributed by atoms with Crippen molar-refractivity contribution < 1.29 is 4.74 Å². The van der Waals surface area contributed by atoms with Crippen LogP contribution in [-0.2, 0) is 0 Å². The highest BCUT2D eigenvalue weighted by Crippen LogP contribution is 2.21. The minimum absolute atomic E-state index is 0.272. The molecule has 2 atom stereocenters. The van der Waals surface area contributed by atoms with E-state index in [2.05, 4.69) is 29.4 Å². The Morgan fingerprint density at radius 2 is 2.12 bits per heavy atom. The van der Waals surface area contributed by atoms with Crippen molar-refractivity contribution in [1.29, 1.82) is 0 Å². The van der Waals surface area contributed by atoms with Gasteiger partial charge in [0.05, 0.1) is 18.8 Å². The first kappa shape index (κ1) is 12.9. The lowest BCUT2D eigenvalue weighted by molar-refractivity contribution is 0.383. The van der Waals surface area contributed by atoms with Gasteiger partial charge in [-0.2, -0.15) is 5.10 Å². The predicted octanol–water partition coefficient (Wildman–Crippen LogP) is 2.18. The molecule has 16 heavy (non-hydrogen) atoms. The van der Waals surface area contributed by atoms with Crippen LogP contribution in [0.25, 0.3) is 0 Å². The third-order valence-electron chi connectivity index (χ3n) is 2.91. The number of methoxy groups -OCH3 is 1. The van der Waals surface area contributed by atoms with Gasteiger partial charge in [0.15, 0.2) is 0 Å². The summed E-state index contributed by atoms with van der Waals surface area (Å²) in [6, 6.07) is 4.09. The second kappa shape index (κ2) is 6.43. The molecule has 0 spiro atoms. The van der Waals surface area contributed by atoms with Crippen LogP contribution in [0, 0.1) is 5.92 Å². The van der Waals surface area contributed by atoms with E-state index < -0.39 is 0 Å². The Balaban J connectivity index is 2.70. The van der Waals surface area contributed by atoms with Crippen molar-refractivity contribution in [3.63, 3.8) is 0 Å². The number of nitrogens with zero attached hydrogens (tertiary/aromatic N) is 2. The number of hydrogen-bond donors (Lipinski definition) is 1. The van der Waals surface area contributed by atoms with Gasteiger partial charge in [0.2, 0.25) is 5.88 Å². The molecule has 1 N–H and O–H groups in total. The van der Waals surface area contributed by atoms with Gasteiger partial charge in [0, 0.05) is 6.07 Å². The van der Waals surface area contributed by atoms with Crippen LogP contribution in [0.4, 0.5) is 0 Å². The van der Waals surface area contributed by atoms with Crippen LogP contribution in [-0.4, -0.2) is 24.4 Å². The minimum Gasteiger partial charge on any atom is -0.480 e. The minimum atomic E-state index is 0.272. The summed E-state index contributed by atoms with van der Waals surface area (Å²) in [5, 5.41) is 11.4. The monoisotopic (exact) mass is 223 g/mol. The average Bonchev–Trinajstić information content (AvgIpc) is 2.35. The van der Waals surface area contributed by atoms with Gasteiger partial charge in [0.1, 0.15) is 0 Å². The number of hydrogen-bond acceptors (Lipinski definition) is 4. The summed E-state index contributed by atoms with van der Waals surface area (Å²) in [6.07, 6.45) is 2.26. The molecule has 0 aliphatic carbocycles. The van der Waals surface area contributed by atoms with Crippen molar-refractivity contribution in [2.24, 2.45) is 5.92 Å². The molecule has 0 radical (unpaired) electrons. The second-order valence-corrected chi connectivity index (χ2v) is 4.09. The molecule has 0 saturated heterocycles. The maximum Gasteiger partial charge on any atom is 0.233 e. The standard InChI is InChI=1S/C12H21N3O/c1-5-9(2)8-11(13-3)10-6-7-12(16-4)15-14-10/h6-7,9,11,13H,5,8H2,1-4H3. The van der Waals surface area contributed by atoms with Gasteiger partial charge in [-0.05, 0) is 25.5 Å². The van der Waals surface area contributed by atoms with Gasteiger partial charge in [-0.25, -0.2) is 0 Å². The van der Waals surface area contributed by atoms with Crippen LogP contribution in [0.5, 0.6) is 5.88 Å². The Bertz CT molecular complexity index is 300. The molecule has 0 amide bonds. The lowest BCUT2D eigenvalue weighted by Crippen LogP contribution is -2.20. The summed E-state index contributed by atoms with van der Waals surface area (Å²) in [5.41, 5.74) is 0.976. The van der Waals surface area contributed by atoms with E-state index in [1.807, 2.05) is 19.2 Å². The number of rotatable bonds is 6. The normalized spacial score (nSPS) is 14.5. The summed E-state index contributed by atoms with van der Waals surface area (Å²) < 4.78 is 4.99. The number of ether oxygens (including phenoxy) is 1. The zero-order valence-corrected chi connectivity index (χ0v) is 10.5. The molecule has 2 unspecified atom stereocenters. The van der Waals surface area contributed by atoms with Gasteiger partial charge in [0.25, 0.3) is 0 Å². The van der Waals surface area contributed by atoms with E-state index in [0.717, 1.165) is 12.1 Å². The van der Waals surface area contributed by atoms with Gasteiger partial charge in [-0.15, -0.1) is 5.10 Å². The molecule has 1 heterocycles. The second-order valence-electron chi connectivity index (χ2n) is 4.09. The van der Waals surface area contributed by atoms with Crippen molar-refractivity contribution in [3.8, 4) is 5.88 Å². The van der Waals surface area contributed by atoms with E-state index in [1.54, 1.807) is 7.11 Å². The molecule has 1 aromatic heterocycles. The van der Waals surface area contributed by atoms with Crippen LogP contribution >= 0.6 is 0 Å². The fourth-order valence-electron chi connectivity index (χ4n) is 1.58. The number of nitrogens with one attached hydrogen (secondary N) is 1. The molecule has 0 aliphatic rings. The zero-order chi connectivity index (χ0) is 12.0. The first-order chi connectivity index (χ1) is 7.71. The van der Waals surface area contributed by atoms with Gasteiger partial charge >= 0.3 is 0 Å². The van der Waals surface area contributed by atoms with E-state index in [0.29, 0.717) is 11.8 Å².